The number of aromatic carboxylic acids is 1. The van der Waals surface area contributed by atoms with Crippen LogP contribution < -0.4 is 4.83 Å². The number of hydrogen-bond acceptors (Lipinski definition) is 5. The van der Waals surface area contributed by atoms with Crippen LogP contribution in [0.2, 0.25) is 5.02 Å². The number of hydrogen-bond donors (Lipinski definition) is 2. The van der Waals surface area contributed by atoms with E-state index in [1.807, 2.05) is 0 Å². The number of hydrazine groups is 1. The Bertz CT molecular complexity index is 661. The lowest BCUT2D eigenvalue weighted by molar-refractivity contribution is 0.0272. The minimum atomic E-state index is -3.89. The molecule has 1 saturated heterocycles. The van der Waals surface area contributed by atoms with Crippen LogP contribution in [0.25, 0.3) is 0 Å². The van der Waals surface area contributed by atoms with Crippen LogP contribution in [0.3, 0.4) is 0 Å². The van der Waals surface area contributed by atoms with Crippen molar-refractivity contribution in [2.75, 3.05) is 26.3 Å². The van der Waals surface area contributed by atoms with E-state index in [0.717, 1.165) is 6.07 Å². The molecule has 10 heteroatoms. The third-order valence-electron chi connectivity index (χ3n) is 2.80. The average Bonchev–Trinajstić information content (AvgIpc) is 2.41. The first-order chi connectivity index (χ1) is 9.81. The van der Waals surface area contributed by atoms with Gasteiger partial charge in [-0.2, -0.15) is 0 Å². The summed E-state index contributed by atoms with van der Waals surface area (Å²) in [6.07, 6.45) is 0. The Morgan fingerprint density at radius 2 is 2.00 bits per heavy atom. The molecule has 0 unspecified atom stereocenters. The zero-order valence-corrected chi connectivity index (χ0v) is 13.8. The number of morpholine rings is 1. The number of sulfonamides is 1. The topological polar surface area (TPSA) is 95.9 Å². The molecule has 0 aliphatic carbocycles. The number of halogens is 2. The molecule has 0 saturated carbocycles. The fourth-order valence-electron chi connectivity index (χ4n) is 1.75. The molecule has 0 spiro atoms. The molecule has 1 aliphatic heterocycles. The second-order valence-corrected chi connectivity index (χ2v) is 7.16. The fraction of sp³-hybridized carbons (Fsp3) is 0.364. The molecule has 1 fully saturated rings. The summed E-state index contributed by atoms with van der Waals surface area (Å²) in [5.74, 6) is -1.30. The van der Waals surface area contributed by atoms with Crippen molar-refractivity contribution in [3.05, 3.63) is 27.2 Å². The van der Waals surface area contributed by atoms with Crippen molar-refractivity contribution < 1.29 is 23.1 Å². The molecule has 0 bridgehead atoms. The molecular weight excluding hydrogens is 388 g/mol. The van der Waals surface area contributed by atoms with Gasteiger partial charge in [-0.25, -0.2) is 18.2 Å². The van der Waals surface area contributed by atoms with E-state index in [0.29, 0.717) is 26.3 Å². The van der Waals surface area contributed by atoms with Crippen LogP contribution in [-0.2, 0) is 14.8 Å². The summed E-state index contributed by atoms with van der Waals surface area (Å²) in [7, 11) is -3.89. The molecule has 2 rings (SSSR count). The van der Waals surface area contributed by atoms with Gasteiger partial charge in [0.05, 0.1) is 28.7 Å². The monoisotopic (exact) mass is 398 g/mol. The first-order valence-corrected chi connectivity index (χ1v) is 8.54. The highest BCUT2D eigenvalue weighted by Gasteiger charge is 2.23. The van der Waals surface area contributed by atoms with Gasteiger partial charge < -0.3 is 9.84 Å². The van der Waals surface area contributed by atoms with Crippen LogP contribution >= 0.6 is 27.5 Å². The van der Waals surface area contributed by atoms with E-state index < -0.39 is 16.0 Å². The normalized spacial score (nSPS) is 16.9. The fourth-order valence-corrected chi connectivity index (χ4v) is 3.73. The Hall–Kier alpha value is -0.710. The predicted molar refractivity (Wildman–Crippen MR) is 78.8 cm³/mol. The van der Waals surface area contributed by atoms with Crippen molar-refractivity contribution in [1.29, 1.82) is 0 Å². The molecule has 2 N–H and O–H groups in total. The summed E-state index contributed by atoms with van der Waals surface area (Å²) < 4.78 is 29.9. The quantitative estimate of drug-likeness (QED) is 0.793. The highest BCUT2D eigenvalue weighted by Crippen LogP contribution is 2.30. The highest BCUT2D eigenvalue weighted by atomic mass is 79.9. The zero-order chi connectivity index (χ0) is 15.6. The van der Waals surface area contributed by atoms with Crippen LogP contribution in [0.15, 0.2) is 21.5 Å². The molecule has 0 amide bonds. The van der Waals surface area contributed by atoms with Gasteiger partial charge in [-0.3, -0.25) is 0 Å². The van der Waals surface area contributed by atoms with E-state index in [-0.39, 0.29) is 20.0 Å². The molecule has 116 valence electrons. The van der Waals surface area contributed by atoms with Crippen LogP contribution in [0.4, 0.5) is 0 Å². The number of carboxylic acid groups (broad SMARTS) is 1. The zero-order valence-electron chi connectivity index (χ0n) is 10.7. The SMILES string of the molecule is O=C(O)c1cc(S(=O)(=O)NN2CCOCC2)cc(Br)c1Cl. The van der Waals surface area contributed by atoms with Crippen molar-refractivity contribution in [3.8, 4) is 0 Å². The molecule has 0 aromatic heterocycles. The summed E-state index contributed by atoms with van der Waals surface area (Å²) in [5, 5.41) is 10.5. The molecule has 0 atom stereocenters. The van der Waals surface area contributed by atoms with Crippen molar-refractivity contribution in [2.24, 2.45) is 0 Å². The van der Waals surface area contributed by atoms with Gasteiger partial charge in [0.1, 0.15) is 0 Å². The first kappa shape index (κ1) is 16.7. The summed E-state index contributed by atoms with van der Waals surface area (Å²) in [4.78, 5) is 13.3. The van der Waals surface area contributed by atoms with E-state index in [9.17, 15) is 13.2 Å². The molecular formula is C11H12BrClN2O5S. The number of nitrogens with one attached hydrogen (secondary N) is 1. The number of nitrogens with zero attached hydrogens (tertiary/aromatic N) is 1. The second-order valence-electron chi connectivity index (χ2n) is 4.27. The summed E-state index contributed by atoms with van der Waals surface area (Å²) in [6, 6.07) is 2.29. The summed E-state index contributed by atoms with van der Waals surface area (Å²) in [5.41, 5.74) is -0.284. The maximum atomic E-state index is 12.3. The predicted octanol–water partition coefficient (Wildman–Crippen LogP) is 1.33. The third kappa shape index (κ3) is 3.93. The number of carbonyl (C=O) groups is 1. The van der Waals surface area contributed by atoms with E-state index >= 15 is 0 Å². The van der Waals surface area contributed by atoms with Gasteiger partial charge in [-0.15, -0.1) is 4.83 Å². The molecule has 0 radical (unpaired) electrons. The Labute approximate surface area is 135 Å². The lowest BCUT2D eigenvalue weighted by Crippen LogP contribution is -2.48. The molecule has 7 nitrogen and oxygen atoms in total. The molecule has 1 heterocycles. The minimum Gasteiger partial charge on any atom is -0.478 e. The molecule has 1 aliphatic rings. The van der Waals surface area contributed by atoms with E-state index in [1.165, 1.54) is 11.1 Å². The first-order valence-electron chi connectivity index (χ1n) is 5.89. The minimum absolute atomic E-state index is 0.0483. The number of benzene rings is 1. The van der Waals surface area contributed by atoms with Gasteiger partial charge >= 0.3 is 5.97 Å². The van der Waals surface area contributed by atoms with Gasteiger partial charge in [-0.05, 0) is 28.1 Å². The smallest absolute Gasteiger partial charge is 0.337 e. The number of rotatable bonds is 4. The van der Waals surface area contributed by atoms with E-state index in [1.54, 1.807) is 0 Å². The lowest BCUT2D eigenvalue weighted by atomic mass is 10.2. The second kappa shape index (κ2) is 6.59. The van der Waals surface area contributed by atoms with E-state index in [4.69, 9.17) is 21.4 Å². The lowest BCUT2D eigenvalue weighted by Gasteiger charge is -2.26. The molecule has 1 aromatic carbocycles. The Balaban J connectivity index is 2.33. The standard InChI is InChI=1S/C11H12BrClN2O5S/c12-9-6-7(5-8(10(9)13)11(16)17)21(18,19)14-15-1-3-20-4-2-15/h5-6,14H,1-4H2,(H,16,17). The number of ether oxygens (including phenoxy) is 1. The van der Waals surface area contributed by atoms with Gasteiger partial charge in [0, 0.05) is 17.6 Å². The molecule has 21 heavy (non-hydrogen) atoms. The van der Waals surface area contributed by atoms with Crippen LogP contribution in [0.5, 0.6) is 0 Å². The Morgan fingerprint density at radius 3 is 2.57 bits per heavy atom. The Kier molecular flexibility index (Phi) is 5.23. The van der Waals surface area contributed by atoms with Crippen molar-refractivity contribution in [1.82, 2.24) is 9.84 Å². The van der Waals surface area contributed by atoms with Crippen LogP contribution in [-0.4, -0.2) is 50.8 Å². The van der Waals surface area contributed by atoms with Gasteiger partial charge in [0.25, 0.3) is 10.0 Å². The van der Waals surface area contributed by atoms with Gasteiger partial charge in [0.2, 0.25) is 0 Å². The van der Waals surface area contributed by atoms with Crippen molar-refractivity contribution >= 4 is 43.5 Å². The number of carboxylic acids is 1. The maximum Gasteiger partial charge on any atom is 0.337 e. The molecule has 1 aromatic rings. The largest absolute Gasteiger partial charge is 0.478 e. The van der Waals surface area contributed by atoms with Gasteiger partial charge in [-0.1, -0.05) is 11.6 Å². The van der Waals surface area contributed by atoms with Crippen molar-refractivity contribution in [2.45, 2.75) is 4.90 Å². The van der Waals surface area contributed by atoms with Crippen LogP contribution in [0.1, 0.15) is 10.4 Å². The Morgan fingerprint density at radius 1 is 1.38 bits per heavy atom. The maximum absolute atomic E-state index is 12.3. The highest BCUT2D eigenvalue weighted by molar-refractivity contribution is 9.10. The average molecular weight is 400 g/mol. The third-order valence-corrected chi connectivity index (χ3v) is 5.42. The summed E-state index contributed by atoms with van der Waals surface area (Å²) >= 11 is 8.89. The van der Waals surface area contributed by atoms with Crippen LogP contribution in [0, 0.1) is 0 Å². The summed E-state index contributed by atoms with van der Waals surface area (Å²) in [6.45, 7) is 1.68. The van der Waals surface area contributed by atoms with Gasteiger partial charge in [0.15, 0.2) is 0 Å². The van der Waals surface area contributed by atoms with E-state index in [2.05, 4.69) is 20.8 Å². The van der Waals surface area contributed by atoms with Crippen molar-refractivity contribution in [3.63, 3.8) is 0 Å².